The van der Waals surface area contributed by atoms with Crippen molar-refractivity contribution in [1.29, 1.82) is 0 Å². The molecule has 1 N–H and O–H groups in total. The number of rotatable bonds is 7. The number of aromatic nitrogens is 1. The van der Waals surface area contributed by atoms with E-state index in [1.807, 2.05) is 0 Å². The summed E-state index contributed by atoms with van der Waals surface area (Å²) in [4.78, 5) is 14.5. The van der Waals surface area contributed by atoms with Gasteiger partial charge in [-0.2, -0.15) is 4.31 Å². The molecule has 1 rings (SSSR count). The minimum atomic E-state index is -3.67. The van der Waals surface area contributed by atoms with E-state index in [4.69, 9.17) is 5.11 Å². The highest BCUT2D eigenvalue weighted by atomic mass is 79.9. The van der Waals surface area contributed by atoms with Crippen LogP contribution >= 0.6 is 15.9 Å². The number of carboxylic acids is 1. The number of hydrogen-bond acceptors (Lipinski definition) is 4. The lowest BCUT2D eigenvalue weighted by molar-refractivity contribution is -0.137. The van der Waals surface area contributed by atoms with E-state index < -0.39 is 16.0 Å². The topological polar surface area (TPSA) is 87.6 Å². The van der Waals surface area contributed by atoms with E-state index in [0.29, 0.717) is 4.47 Å². The quantitative estimate of drug-likeness (QED) is 0.800. The number of carboxylic acid groups (broad SMARTS) is 1. The summed E-state index contributed by atoms with van der Waals surface area (Å²) >= 11 is 3.19. The minimum Gasteiger partial charge on any atom is -0.481 e. The highest BCUT2D eigenvalue weighted by molar-refractivity contribution is 9.10. The Labute approximate surface area is 127 Å². The molecule has 0 amide bonds. The molecule has 0 saturated carbocycles. The minimum absolute atomic E-state index is 0.0600. The van der Waals surface area contributed by atoms with Gasteiger partial charge in [0.2, 0.25) is 10.0 Å². The van der Waals surface area contributed by atoms with E-state index in [1.54, 1.807) is 13.8 Å². The monoisotopic (exact) mass is 364 g/mol. The lowest BCUT2D eigenvalue weighted by atomic mass is 10.3. The fourth-order valence-corrected chi connectivity index (χ4v) is 3.89. The number of nitrogens with zero attached hydrogens (tertiary/aromatic N) is 2. The van der Waals surface area contributed by atoms with Crippen molar-refractivity contribution in [3.8, 4) is 0 Å². The van der Waals surface area contributed by atoms with Crippen molar-refractivity contribution in [2.24, 2.45) is 0 Å². The standard InChI is InChI=1S/C12H17BrN2O4S/c1-9(2)15(5-3-4-12(16)17)20(18,19)11-6-10(13)7-14-8-11/h6-9H,3-5H2,1-2H3,(H,16,17). The molecule has 1 aromatic heterocycles. The third-order valence-electron chi connectivity index (χ3n) is 2.63. The second kappa shape index (κ2) is 7.14. The molecule has 0 aromatic carbocycles. The Morgan fingerprint density at radius 2 is 2.10 bits per heavy atom. The molecule has 1 heterocycles. The van der Waals surface area contributed by atoms with E-state index in [2.05, 4.69) is 20.9 Å². The molecular formula is C12H17BrN2O4S. The molecule has 20 heavy (non-hydrogen) atoms. The van der Waals surface area contributed by atoms with Gasteiger partial charge in [0, 0.05) is 35.9 Å². The molecule has 0 atom stereocenters. The summed E-state index contributed by atoms with van der Waals surface area (Å²) in [5, 5.41) is 8.64. The van der Waals surface area contributed by atoms with Crippen LogP contribution in [0, 0.1) is 0 Å². The molecule has 8 heteroatoms. The van der Waals surface area contributed by atoms with Crippen molar-refractivity contribution < 1.29 is 18.3 Å². The molecule has 0 aliphatic rings. The molecular weight excluding hydrogens is 348 g/mol. The van der Waals surface area contributed by atoms with Crippen molar-refractivity contribution >= 4 is 31.9 Å². The largest absolute Gasteiger partial charge is 0.481 e. The average molecular weight is 365 g/mol. The van der Waals surface area contributed by atoms with Gasteiger partial charge >= 0.3 is 5.97 Å². The first-order valence-corrected chi connectivity index (χ1v) is 8.32. The summed E-state index contributed by atoms with van der Waals surface area (Å²) in [7, 11) is -3.67. The van der Waals surface area contributed by atoms with E-state index >= 15 is 0 Å². The zero-order chi connectivity index (χ0) is 15.3. The van der Waals surface area contributed by atoms with Gasteiger partial charge in [-0.3, -0.25) is 9.78 Å². The summed E-state index contributed by atoms with van der Waals surface area (Å²) in [6.45, 7) is 3.67. The molecule has 112 valence electrons. The van der Waals surface area contributed by atoms with Crippen LogP contribution in [-0.4, -0.2) is 41.4 Å². The average Bonchev–Trinajstić information content (AvgIpc) is 2.33. The first kappa shape index (κ1) is 17.1. The van der Waals surface area contributed by atoms with Crippen LogP contribution < -0.4 is 0 Å². The zero-order valence-corrected chi connectivity index (χ0v) is 13.7. The molecule has 0 spiro atoms. The second-order valence-corrected chi connectivity index (χ2v) is 7.35. The van der Waals surface area contributed by atoms with E-state index in [0.717, 1.165) is 0 Å². The van der Waals surface area contributed by atoms with Gasteiger partial charge in [-0.1, -0.05) is 0 Å². The third kappa shape index (κ3) is 4.53. The maximum atomic E-state index is 12.5. The fourth-order valence-electron chi connectivity index (χ4n) is 1.71. The fraction of sp³-hybridized carbons (Fsp3) is 0.500. The summed E-state index contributed by atoms with van der Waals surface area (Å²) < 4.78 is 26.9. The number of carbonyl (C=O) groups is 1. The van der Waals surface area contributed by atoms with Crippen molar-refractivity contribution in [2.75, 3.05) is 6.54 Å². The van der Waals surface area contributed by atoms with E-state index in [9.17, 15) is 13.2 Å². The number of sulfonamides is 1. The zero-order valence-electron chi connectivity index (χ0n) is 11.3. The van der Waals surface area contributed by atoms with Gasteiger partial charge in [-0.05, 0) is 42.3 Å². The molecule has 0 fully saturated rings. The van der Waals surface area contributed by atoms with Gasteiger partial charge in [0.25, 0.3) is 0 Å². The first-order chi connectivity index (χ1) is 9.25. The van der Waals surface area contributed by atoms with Gasteiger partial charge in [0.05, 0.1) is 0 Å². The van der Waals surface area contributed by atoms with Crippen LogP contribution in [0.25, 0.3) is 0 Å². The smallest absolute Gasteiger partial charge is 0.303 e. The Balaban J connectivity index is 2.97. The van der Waals surface area contributed by atoms with Crippen LogP contribution in [0.1, 0.15) is 26.7 Å². The number of pyridine rings is 1. The van der Waals surface area contributed by atoms with Crippen LogP contribution in [0.15, 0.2) is 27.8 Å². The molecule has 0 aliphatic carbocycles. The van der Waals surface area contributed by atoms with E-state index in [-0.39, 0.29) is 30.3 Å². The van der Waals surface area contributed by atoms with Crippen LogP contribution in [0.2, 0.25) is 0 Å². The van der Waals surface area contributed by atoms with Gasteiger partial charge in [0.15, 0.2) is 0 Å². The maximum Gasteiger partial charge on any atom is 0.303 e. The predicted molar refractivity (Wildman–Crippen MR) is 77.8 cm³/mol. The normalized spacial score (nSPS) is 12.1. The Hall–Kier alpha value is -0.990. The summed E-state index contributed by atoms with van der Waals surface area (Å²) in [5.74, 6) is -0.935. The molecule has 0 unspecified atom stereocenters. The number of hydrogen-bond donors (Lipinski definition) is 1. The number of halogens is 1. The van der Waals surface area contributed by atoms with Crippen LogP contribution in [0.5, 0.6) is 0 Å². The van der Waals surface area contributed by atoms with Crippen LogP contribution in [-0.2, 0) is 14.8 Å². The van der Waals surface area contributed by atoms with Gasteiger partial charge in [0.1, 0.15) is 4.90 Å². The molecule has 6 nitrogen and oxygen atoms in total. The lowest BCUT2D eigenvalue weighted by Gasteiger charge is -2.25. The summed E-state index contributed by atoms with van der Waals surface area (Å²) in [6, 6.07) is 1.22. The van der Waals surface area contributed by atoms with Gasteiger partial charge in [-0.25, -0.2) is 8.42 Å². The maximum absolute atomic E-state index is 12.5. The Morgan fingerprint density at radius 1 is 1.45 bits per heavy atom. The molecule has 0 saturated heterocycles. The molecule has 0 radical (unpaired) electrons. The Morgan fingerprint density at radius 3 is 2.60 bits per heavy atom. The van der Waals surface area contributed by atoms with Crippen molar-refractivity contribution in [3.05, 3.63) is 22.9 Å². The number of aliphatic carboxylic acids is 1. The highest BCUT2D eigenvalue weighted by Gasteiger charge is 2.27. The highest BCUT2D eigenvalue weighted by Crippen LogP contribution is 2.21. The SMILES string of the molecule is CC(C)N(CCCC(=O)O)S(=O)(=O)c1cncc(Br)c1. The molecule has 1 aromatic rings. The second-order valence-electron chi connectivity index (χ2n) is 4.55. The van der Waals surface area contributed by atoms with Crippen LogP contribution in [0.3, 0.4) is 0 Å². The van der Waals surface area contributed by atoms with Crippen molar-refractivity contribution in [1.82, 2.24) is 9.29 Å². The lowest BCUT2D eigenvalue weighted by Crippen LogP contribution is -2.37. The third-order valence-corrected chi connectivity index (χ3v) is 5.11. The molecule has 0 aliphatic heterocycles. The van der Waals surface area contributed by atoms with Crippen molar-refractivity contribution in [2.45, 2.75) is 37.6 Å². The molecule has 0 bridgehead atoms. The Kier molecular flexibility index (Phi) is 6.09. The predicted octanol–water partition coefficient (Wildman–Crippen LogP) is 2.11. The van der Waals surface area contributed by atoms with Crippen molar-refractivity contribution in [3.63, 3.8) is 0 Å². The van der Waals surface area contributed by atoms with Gasteiger partial charge < -0.3 is 5.11 Å². The summed E-state index contributed by atoms with van der Waals surface area (Å²) in [5.41, 5.74) is 0. The van der Waals surface area contributed by atoms with Gasteiger partial charge in [-0.15, -0.1) is 0 Å². The Bertz CT molecular complexity index is 575. The van der Waals surface area contributed by atoms with Crippen LogP contribution in [0.4, 0.5) is 0 Å². The summed E-state index contributed by atoms with van der Waals surface area (Å²) in [6.07, 6.45) is 3.00. The van der Waals surface area contributed by atoms with E-state index in [1.165, 1.54) is 22.8 Å². The first-order valence-electron chi connectivity index (χ1n) is 6.09.